The molecule has 0 bridgehead atoms. The fourth-order valence-corrected chi connectivity index (χ4v) is 3.06. The van der Waals surface area contributed by atoms with E-state index in [1.54, 1.807) is 12.4 Å². The number of nitrogens with one attached hydrogen (secondary N) is 2. The predicted molar refractivity (Wildman–Crippen MR) is 102 cm³/mol. The molecule has 1 aliphatic rings. The van der Waals surface area contributed by atoms with Gasteiger partial charge in [-0.2, -0.15) is 5.26 Å². The molecule has 2 aromatic heterocycles. The number of hydrogen-bond acceptors (Lipinski definition) is 5. The third-order valence-corrected chi connectivity index (χ3v) is 4.64. The van der Waals surface area contributed by atoms with Gasteiger partial charge in [-0.1, -0.05) is 6.07 Å². The molecule has 1 amide bonds. The Morgan fingerprint density at radius 2 is 2.22 bits per heavy atom. The van der Waals surface area contributed by atoms with Crippen LogP contribution in [0.1, 0.15) is 35.2 Å². The Bertz CT molecular complexity index is 1040. The van der Waals surface area contributed by atoms with E-state index in [-0.39, 0.29) is 5.91 Å². The van der Waals surface area contributed by atoms with Crippen molar-refractivity contribution in [3.05, 3.63) is 47.9 Å². The molecular formula is C20H20N6O. The van der Waals surface area contributed by atoms with Gasteiger partial charge in [-0.25, -0.2) is 9.97 Å². The lowest BCUT2D eigenvalue weighted by atomic mass is 10.0. The third kappa shape index (κ3) is 3.47. The summed E-state index contributed by atoms with van der Waals surface area (Å²) in [5.41, 5.74) is 4.26. The van der Waals surface area contributed by atoms with E-state index >= 15 is 0 Å². The molecule has 1 aliphatic carbocycles. The summed E-state index contributed by atoms with van der Waals surface area (Å²) in [6.45, 7) is 2.47. The Hall–Kier alpha value is -3.40. The van der Waals surface area contributed by atoms with Crippen LogP contribution in [0.3, 0.4) is 0 Å². The first-order valence-electron chi connectivity index (χ1n) is 9.02. The van der Waals surface area contributed by atoms with Crippen LogP contribution < -0.4 is 10.6 Å². The normalized spacial score (nSPS) is 13.3. The summed E-state index contributed by atoms with van der Waals surface area (Å²) in [5, 5.41) is 14.9. The number of imidazole rings is 1. The number of aryl methyl sites for hydroxylation is 1. The molecule has 7 nitrogen and oxygen atoms in total. The van der Waals surface area contributed by atoms with Crippen LogP contribution in [0.5, 0.6) is 0 Å². The molecule has 1 aromatic carbocycles. The van der Waals surface area contributed by atoms with Crippen LogP contribution in [0.15, 0.2) is 36.8 Å². The molecule has 4 rings (SSSR count). The van der Waals surface area contributed by atoms with E-state index in [2.05, 4.69) is 26.7 Å². The van der Waals surface area contributed by atoms with Gasteiger partial charge in [0.2, 0.25) is 0 Å². The number of amides is 1. The average Bonchev–Trinajstić information content (AvgIpc) is 3.37. The van der Waals surface area contributed by atoms with E-state index in [4.69, 9.17) is 5.26 Å². The standard InChI is InChI=1S/C20H20N6O/c1-13-11-14(3-6-16(13)20(27)25-15-4-5-15)17-12-24-19-18(22-8-2-7-21)23-9-10-26(17)19/h3,6,9-12,15H,2,4-5,8H2,1H3,(H,22,23)(H,25,27). The second kappa shape index (κ2) is 7.08. The van der Waals surface area contributed by atoms with Crippen LogP contribution in [0.25, 0.3) is 16.9 Å². The maximum absolute atomic E-state index is 12.3. The van der Waals surface area contributed by atoms with Crippen molar-refractivity contribution in [2.24, 2.45) is 0 Å². The van der Waals surface area contributed by atoms with Gasteiger partial charge in [0.05, 0.1) is 24.4 Å². The number of anilines is 1. The van der Waals surface area contributed by atoms with E-state index in [0.717, 1.165) is 29.7 Å². The Kier molecular flexibility index (Phi) is 4.47. The number of aromatic nitrogens is 3. The van der Waals surface area contributed by atoms with Crippen LogP contribution >= 0.6 is 0 Å². The zero-order chi connectivity index (χ0) is 18.8. The van der Waals surface area contributed by atoms with E-state index in [0.29, 0.717) is 36.0 Å². The molecule has 0 saturated heterocycles. The van der Waals surface area contributed by atoms with Gasteiger partial charge in [0.1, 0.15) is 0 Å². The smallest absolute Gasteiger partial charge is 0.251 e. The minimum Gasteiger partial charge on any atom is -0.366 e. The number of hydrogen-bond donors (Lipinski definition) is 2. The van der Waals surface area contributed by atoms with Gasteiger partial charge in [-0.15, -0.1) is 0 Å². The fourth-order valence-electron chi connectivity index (χ4n) is 3.06. The van der Waals surface area contributed by atoms with Crippen molar-refractivity contribution < 1.29 is 4.79 Å². The summed E-state index contributed by atoms with van der Waals surface area (Å²) >= 11 is 0. The van der Waals surface area contributed by atoms with Crippen LogP contribution in [0.2, 0.25) is 0 Å². The minimum atomic E-state index is -0.00660. The monoisotopic (exact) mass is 360 g/mol. The molecule has 27 heavy (non-hydrogen) atoms. The van der Waals surface area contributed by atoms with Gasteiger partial charge in [-0.05, 0) is 37.5 Å². The Labute approximate surface area is 157 Å². The summed E-state index contributed by atoms with van der Waals surface area (Å²) in [5.74, 6) is 0.643. The van der Waals surface area contributed by atoms with Gasteiger partial charge in [0, 0.05) is 36.1 Å². The van der Waals surface area contributed by atoms with E-state index in [9.17, 15) is 4.79 Å². The van der Waals surface area contributed by atoms with E-state index in [1.165, 1.54) is 0 Å². The number of nitrogens with zero attached hydrogens (tertiary/aromatic N) is 4. The molecule has 2 N–H and O–H groups in total. The molecular weight excluding hydrogens is 340 g/mol. The van der Waals surface area contributed by atoms with Gasteiger partial charge in [0.25, 0.3) is 5.91 Å². The lowest BCUT2D eigenvalue weighted by Gasteiger charge is -2.10. The van der Waals surface area contributed by atoms with Crippen LogP contribution in [0, 0.1) is 18.3 Å². The van der Waals surface area contributed by atoms with Gasteiger partial charge >= 0.3 is 0 Å². The lowest BCUT2D eigenvalue weighted by Crippen LogP contribution is -2.26. The SMILES string of the molecule is Cc1cc(-c2cnc3c(NCCC#N)nccn23)ccc1C(=O)NC1CC1. The summed E-state index contributed by atoms with van der Waals surface area (Å²) in [6.07, 6.45) is 7.91. The molecule has 1 fully saturated rings. The Morgan fingerprint density at radius 1 is 1.37 bits per heavy atom. The number of carbonyl (C=O) groups excluding carboxylic acids is 1. The van der Waals surface area contributed by atoms with E-state index < -0.39 is 0 Å². The maximum Gasteiger partial charge on any atom is 0.251 e. The first-order valence-corrected chi connectivity index (χ1v) is 9.02. The number of fused-ring (bicyclic) bond motifs is 1. The topological polar surface area (TPSA) is 95.1 Å². The van der Waals surface area contributed by atoms with Gasteiger partial charge in [0.15, 0.2) is 11.5 Å². The third-order valence-electron chi connectivity index (χ3n) is 4.64. The van der Waals surface area contributed by atoms with Gasteiger partial charge < -0.3 is 10.6 Å². The van der Waals surface area contributed by atoms with Crippen LogP contribution in [-0.2, 0) is 0 Å². The van der Waals surface area contributed by atoms with Gasteiger partial charge in [-0.3, -0.25) is 9.20 Å². The van der Waals surface area contributed by atoms with Crippen molar-refractivity contribution in [3.8, 4) is 17.3 Å². The summed E-state index contributed by atoms with van der Waals surface area (Å²) < 4.78 is 1.96. The molecule has 0 unspecified atom stereocenters. The predicted octanol–water partition coefficient (Wildman–Crippen LogP) is 2.92. The number of nitriles is 1. The number of benzene rings is 1. The molecule has 2 heterocycles. The lowest BCUT2D eigenvalue weighted by molar-refractivity contribution is 0.0950. The van der Waals surface area contributed by atoms with Crippen LogP contribution in [-0.4, -0.2) is 32.9 Å². The van der Waals surface area contributed by atoms with Crippen molar-refractivity contribution in [1.82, 2.24) is 19.7 Å². The first kappa shape index (κ1) is 17.0. The molecule has 0 aliphatic heterocycles. The zero-order valence-electron chi connectivity index (χ0n) is 15.1. The quantitative estimate of drug-likeness (QED) is 0.659. The van der Waals surface area contributed by atoms with E-state index in [1.807, 2.05) is 35.7 Å². The van der Waals surface area contributed by atoms with Crippen molar-refractivity contribution in [1.29, 1.82) is 5.26 Å². The van der Waals surface area contributed by atoms with Crippen molar-refractivity contribution in [3.63, 3.8) is 0 Å². The maximum atomic E-state index is 12.3. The minimum absolute atomic E-state index is 0.00660. The Morgan fingerprint density at radius 3 is 2.96 bits per heavy atom. The molecule has 136 valence electrons. The highest BCUT2D eigenvalue weighted by atomic mass is 16.1. The second-order valence-corrected chi connectivity index (χ2v) is 6.73. The molecule has 0 atom stereocenters. The highest BCUT2D eigenvalue weighted by molar-refractivity contribution is 5.96. The zero-order valence-corrected chi connectivity index (χ0v) is 15.1. The molecule has 0 spiro atoms. The van der Waals surface area contributed by atoms with Crippen molar-refractivity contribution in [2.45, 2.75) is 32.2 Å². The molecule has 7 heteroatoms. The first-order chi connectivity index (χ1) is 13.2. The largest absolute Gasteiger partial charge is 0.366 e. The summed E-state index contributed by atoms with van der Waals surface area (Å²) in [4.78, 5) is 21.1. The fraction of sp³-hybridized carbons (Fsp3) is 0.300. The molecule has 0 radical (unpaired) electrons. The molecule has 3 aromatic rings. The summed E-state index contributed by atoms with van der Waals surface area (Å²) in [6, 6.07) is 8.27. The van der Waals surface area contributed by atoms with Crippen molar-refractivity contribution in [2.75, 3.05) is 11.9 Å². The van der Waals surface area contributed by atoms with Crippen LogP contribution in [0.4, 0.5) is 5.82 Å². The number of carbonyl (C=O) groups is 1. The summed E-state index contributed by atoms with van der Waals surface area (Å²) in [7, 11) is 0. The number of rotatable bonds is 6. The highest BCUT2D eigenvalue weighted by Gasteiger charge is 2.24. The second-order valence-electron chi connectivity index (χ2n) is 6.73. The average molecular weight is 360 g/mol. The van der Waals surface area contributed by atoms with Crippen molar-refractivity contribution >= 4 is 17.4 Å². The Balaban J connectivity index is 1.64. The highest BCUT2D eigenvalue weighted by Crippen LogP contribution is 2.26. The molecule has 1 saturated carbocycles.